The molecule has 1 saturated carbocycles. The minimum Gasteiger partial charge on any atom is -0.390 e. The lowest BCUT2D eigenvalue weighted by Gasteiger charge is -2.16. The van der Waals surface area contributed by atoms with Gasteiger partial charge in [0.25, 0.3) is 0 Å². The van der Waals surface area contributed by atoms with Crippen LogP contribution in [0.25, 0.3) is 11.0 Å². The zero-order valence-electron chi connectivity index (χ0n) is 14.4. The number of aliphatic hydroxyl groups is 2. The molecule has 0 amide bonds. The Balaban J connectivity index is 1.47. The van der Waals surface area contributed by atoms with E-state index in [9.17, 15) is 10.2 Å². The highest BCUT2D eigenvalue weighted by Gasteiger charge is 2.33. The average molecular weight is 350 g/mol. The zero-order valence-corrected chi connectivity index (χ0v) is 14.4. The zero-order chi connectivity index (χ0) is 17.7. The Morgan fingerprint density at radius 3 is 2.69 bits per heavy atom. The van der Waals surface area contributed by atoms with E-state index in [2.05, 4.69) is 44.1 Å². The molecule has 1 fully saturated rings. The van der Waals surface area contributed by atoms with Crippen molar-refractivity contribution in [2.45, 2.75) is 50.0 Å². The largest absolute Gasteiger partial charge is 0.390 e. The summed E-state index contributed by atoms with van der Waals surface area (Å²) in [7, 11) is 0. The third-order valence-electron chi connectivity index (χ3n) is 5.82. The monoisotopic (exact) mass is 350 g/mol. The topological polar surface area (TPSA) is 83.2 Å². The Bertz CT molecular complexity index is 944. The van der Waals surface area contributed by atoms with Crippen LogP contribution in [0.15, 0.2) is 42.9 Å². The van der Waals surface area contributed by atoms with Gasteiger partial charge in [-0.25, -0.2) is 9.97 Å². The summed E-state index contributed by atoms with van der Waals surface area (Å²) < 4.78 is 2.06. The van der Waals surface area contributed by atoms with Crippen LogP contribution in [-0.2, 0) is 6.42 Å². The number of hydrogen-bond donors (Lipinski definition) is 3. The maximum atomic E-state index is 9.87. The number of aromatic nitrogens is 3. The fourth-order valence-electron chi connectivity index (χ4n) is 4.45. The summed E-state index contributed by atoms with van der Waals surface area (Å²) in [6.45, 7) is 0. The van der Waals surface area contributed by atoms with Gasteiger partial charge in [-0.05, 0) is 42.9 Å². The Morgan fingerprint density at radius 2 is 1.85 bits per heavy atom. The van der Waals surface area contributed by atoms with Gasteiger partial charge in [-0.1, -0.05) is 24.3 Å². The first-order valence-corrected chi connectivity index (χ1v) is 9.22. The van der Waals surface area contributed by atoms with E-state index in [1.807, 2.05) is 12.3 Å². The molecule has 134 valence electrons. The van der Waals surface area contributed by atoms with Gasteiger partial charge in [0.2, 0.25) is 0 Å². The molecule has 0 saturated heterocycles. The number of hydrogen-bond acceptors (Lipinski definition) is 5. The number of nitrogens with one attached hydrogen (secondary N) is 1. The SMILES string of the molecule is O[C@@H]1C[C@@H](n2ccc3c(N[C@H]4CCc5ccccc54)ncnc32)C[C@@H]1O. The third kappa shape index (κ3) is 2.48. The number of rotatable bonds is 3. The first-order chi connectivity index (χ1) is 12.7. The van der Waals surface area contributed by atoms with E-state index < -0.39 is 12.2 Å². The van der Waals surface area contributed by atoms with E-state index in [-0.39, 0.29) is 12.1 Å². The molecule has 2 aliphatic rings. The van der Waals surface area contributed by atoms with Gasteiger partial charge >= 0.3 is 0 Å². The molecule has 1 aromatic carbocycles. The normalized spacial score (nSPS) is 27.8. The van der Waals surface area contributed by atoms with E-state index >= 15 is 0 Å². The second-order valence-corrected chi connectivity index (χ2v) is 7.38. The van der Waals surface area contributed by atoms with Crippen molar-refractivity contribution in [1.29, 1.82) is 0 Å². The fourth-order valence-corrected chi connectivity index (χ4v) is 4.45. The predicted octanol–water partition coefficient (Wildman–Crippen LogP) is 2.59. The molecule has 3 aromatic rings. The van der Waals surface area contributed by atoms with E-state index in [4.69, 9.17) is 0 Å². The summed E-state index contributed by atoms with van der Waals surface area (Å²) in [5.74, 6) is 0.842. The lowest BCUT2D eigenvalue weighted by Crippen LogP contribution is -2.17. The Hall–Kier alpha value is -2.44. The number of fused-ring (bicyclic) bond motifs is 2. The number of anilines is 1. The van der Waals surface area contributed by atoms with Crippen molar-refractivity contribution in [3.63, 3.8) is 0 Å². The van der Waals surface area contributed by atoms with Crippen LogP contribution in [-0.4, -0.2) is 37.0 Å². The fraction of sp³-hybridized carbons (Fsp3) is 0.400. The van der Waals surface area contributed by atoms with Gasteiger partial charge < -0.3 is 20.1 Å². The first-order valence-electron chi connectivity index (χ1n) is 9.22. The summed E-state index contributed by atoms with van der Waals surface area (Å²) in [6, 6.07) is 10.9. The highest BCUT2D eigenvalue weighted by atomic mass is 16.3. The van der Waals surface area contributed by atoms with Crippen LogP contribution in [0.2, 0.25) is 0 Å². The molecule has 0 aliphatic heterocycles. The highest BCUT2D eigenvalue weighted by molar-refractivity contribution is 5.87. The lowest BCUT2D eigenvalue weighted by molar-refractivity contribution is 0.0438. The van der Waals surface area contributed by atoms with Gasteiger partial charge in [-0.15, -0.1) is 0 Å². The summed E-state index contributed by atoms with van der Waals surface area (Å²) in [5.41, 5.74) is 3.60. The molecule has 4 atom stereocenters. The van der Waals surface area contributed by atoms with Crippen LogP contribution < -0.4 is 5.32 Å². The van der Waals surface area contributed by atoms with E-state index in [1.165, 1.54) is 11.1 Å². The summed E-state index contributed by atoms with van der Waals surface area (Å²) >= 11 is 0. The minimum atomic E-state index is -0.660. The highest BCUT2D eigenvalue weighted by Crippen LogP contribution is 2.37. The van der Waals surface area contributed by atoms with Crippen molar-refractivity contribution in [3.8, 4) is 0 Å². The molecule has 0 spiro atoms. The lowest BCUT2D eigenvalue weighted by atomic mass is 10.1. The van der Waals surface area contributed by atoms with Crippen molar-refractivity contribution in [1.82, 2.24) is 14.5 Å². The van der Waals surface area contributed by atoms with E-state index in [0.29, 0.717) is 12.8 Å². The predicted molar refractivity (Wildman–Crippen MR) is 98.9 cm³/mol. The van der Waals surface area contributed by atoms with Crippen molar-refractivity contribution < 1.29 is 10.2 Å². The average Bonchev–Trinajstić information content (AvgIpc) is 3.34. The second-order valence-electron chi connectivity index (χ2n) is 7.38. The molecule has 6 nitrogen and oxygen atoms in total. The Kier molecular flexibility index (Phi) is 3.69. The van der Waals surface area contributed by atoms with Crippen LogP contribution in [0, 0.1) is 0 Å². The van der Waals surface area contributed by atoms with E-state index in [1.54, 1.807) is 6.33 Å². The van der Waals surface area contributed by atoms with Gasteiger partial charge in [-0.2, -0.15) is 0 Å². The maximum absolute atomic E-state index is 9.87. The molecule has 0 bridgehead atoms. The molecular formula is C20H22N4O2. The summed E-state index contributed by atoms with van der Waals surface area (Å²) in [5, 5.41) is 24.3. The van der Waals surface area contributed by atoms with Crippen LogP contribution in [0.4, 0.5) is 5.82 Å². The molecule has 0 unspecified atom stereocenters. The second kappa shape index (κ2) is 6.07. The van der Waals surface area contributed by atoms with Gasteiger partial charge in [0.1, 0.15) is 17.8 Å². The third-order valence-corrected chi connectivity index (χ3v) is 5.82. The number of aryl methyl sites for hydroxylation is 1. The number of nitrogens with zero attached hydrogens (tertiary/aromatic N) is 3. The Labute approximate surface area is 151 Å². The molecule has 26 heavy (non-hydrogen) atoms. The van der Waals surface area contributed by atoms with E-state index in [0.717, 1.165) is 29.7 Å². The summed E-state index contributed by atoms with van der Waals surface area (Å²) in [6.07, 6.45) is 5.50. The van der Waals surface area contributed by atoms with Crippen LogP contribution in [0.1, 0.15) is 42.5 Å². The van der Waals surface area contributed by atoms with Gasteiger partial charge in [-0.3, -0.25) is 0 Å². The number of benzene rings is 1. The molecule has 3 N–H and O–H groups in total. The van der Waals surface area contributed by atoms with Gasteiger partial charge in [0.15, 0.2) is 0 Å². The maximum Gasteiger partial charge on any atom is 0.145 e. The standard InChI is InChI=1S/C20H22N4O2/c25-17-9-13(10-18(17)26)24-8-7-15-19(21-11-22-20(15)24)23-16-6-5-12-3-1-2-4-14(12)16/h1-4,7-8,11,13,16-18,25-26H,5-6,9-10H2,(H,21,22,23)/t13-,16-,17-,18+/m0/s1. The van der Waals surface area contributed by atoms with Crippen LogP contribution in [0.5, 0.6) is 0 Å². The molecule has 0 radical (unpaired) electrons. The van der Waals surface area contributed by atoms with Crippen LogP contribution in [0.3, 0.4) is 0 Å². The molecule has 2 aromatic heterocycles. The van der Waals surface area contributed by atoms with Crippen LogP contribution >= 0.6 is 0 Å². The molecule has 5 rings (SSSR count). The quantitative estimate of drug-likeness (QED) is 0.676. The van der Waals surface area contributed by atoms with Crippen molar-refractivity contribution in [2.75, 3.05) is 5.32 Å². The van der Waals surface area contributed by atoms with Crippen molar-refractivity contribution in [3.05, 3.63) is 54.0 Å². The summed E-state index contributed by atoms with van der Waals surface area (Å²) in [4.78, 5) is 8.94. The van der Waals surface area contributed by atoms with Gasteiger partial charge in [0, 0.05) is 12.2 Å². The smallest absolute Gasteiger partial charge is 0.145 e. The van der Waals surface area contributed by atoms with Gasteiger partial charge in [0.05, 0.1) is 23.6 Å². The Morgan fingerprint density at radius 1 is 1.04 bits per heavy atom. The molecular weight excluding hydrogens is 328 g/mol. The molecule has 2 aliphatic carbocycles. The minimum absolute atomic E-state index is 0.0625. The number of aliphatic hydroxyl groups excluding tert-OH is 2. The first kappa shape index (κ1) is 15.8. The van der Waals surface area contributed by atoms with Crippen molar-refractivity contribution >= 4 is 16.9 Å². The molecule has 6 heteroatoms. The molecule has 2 heterocycles. The van der Waals surface area contributed by atoms with Crippen molar-refractivity contribution in [2.24, 2.45) is 0 Å².